The van der Waals surface area contributed by atoms with E-state index in [4.69, 9.17) is 9.47 Å². The van der Waals surface area contributed by atoms with Gasteiger partial charge in [0, 0.05) is 17.3 Å². The Morgan fingerprint density at radius 2 is 1.81 bits per heavy atom. The highest BCUT2D eigenvalue weighted by molar-refractivity contribution is 5.97. The van der Waals surface area contributed by atoms with Gasteiger partial charge in [-0.05, 0) is 43.7 Å². The van der Waals surface area contributed by atoms with Gasteiger partial charge in [-0.2, -0.15) is 0 Å². The second-order valence-electron chi connectivity index (χ2n) is 5.85. The normalized spacial score (nSPS) is 11.3. The van der Waals surface area contributed by atoms with E-state index in [0.29, 0.717) is 22.7 Å². The van der Waals surface area contributed by atoms with Gasteiger partial charge in [-0.15, -0.1) is 0 Å². The van der Waals surface area contributed by atoms with E-state index in [9.17, 15) is 9.59 Å². The number of carbonyl (C=O) groups excluding carboxylic acids is 2. The molecule has 0 spiro atoms. The molecule has 0 heterocycles. The maximum atomic E-state index is 12.2. The molecule has 2 aromatic rings. The Labute approximate surface area is 153 Å². The first kappa shape index (κ1) is 19.3. The first-order valence-electron chi connectivity index (χ1n) is 8.50. The molecule has 0 saturated carbocycles. The second-order valence-corrected chi connectivity index (χ2v) is 5.85. The zero-order valence-corrected chi connectivity index (χ0v) is 15.2. The third-order valence-corrected chi connectivity index (χ3v) is 3.83. The van der Waals surface area contributed by atoms with E-state index >= 15 is 0 Å². The summed E-state index contributed by atoms with van der Waals surface area (Å²) in [5.41, 5.74) is 1.03. The van der Waals surface area contributed by atoms with Crippen molar-refractivity contribution >= 4 is 17.5 Å². The summed E-state index contributed by atoms with van der Waals surface area (Å²) in [6.07, 6.45) is 0.850. The van der Waals surface area contributed by atoms with Gasteiger partial charge in [0.05, 0.1) is 7.11 Å². The number of benzene rings is 2. The summed E-state index contributed by atoms with van der Waals surface area (Å²) >= 11 is 0. The molecule has 0 aliphatic rings. The number of carbonyl (C=O) groups is 2. The molecule has 2 rings (SSSR count). The van der Waals surface area contributed by atoms with Crippen molar-refractivity contribution < 1.29 is 19.1 Å². The molecule has 0 unspecified atom stereocenters. The highest BCUT2D eigenvalue weighted by atomic mass is 16.5. The van der Waals surface area contributed by atoms with Gasteiger partial charge >= 0.3 is 0 Å². The first-order valence-corrected chi connectivity index (χ1v) is 8.50. The van der Waals surface area contributed by atoms with Crippen LogP contribution < -0.4 is 20.1 Å². The summed E-state index contributed by atoms with van der Waals surface area (Å²) in [7, 11) is 1.54. The molecule has 0 radical (unpaired) electrons. The van der Waals surface area contributed by atoms with Crippen molar-refractivity contribution in [1.29, 1.82) is 0 Å². The topological polar surface area (TPSA) is 76.7 Å². The predicted octanol–water partition coefficient (Wildman–Crippen LogP) is 3.24. The highest BCUT2D eigenvalue weighted by Crippen LogP contribution is 2.25. The number of nitrogens with one attached hydrogen (secondary N) is 2. The molecule has 0 fully saturated rings. The molecular formula is C20H24N2O4. The van der Waals surface area contributed by atoms with Gasteiger partial charge in [-0.3, -0.25) is 9.59 Å². The number of hydrogen-bond donors (Lipinski definition) is 2. The molecule has 1 atom stereocenters. The maximum absolute atomic E-state index is 12.2. The Morgan fingerprint density at radius 1 is 1.08 bits per heavy atom. The minimum atomic E-state index is -0.324. The van der Waals surface area contributed by atoms with Gasteiger partial charge < -0.3 is 20.1 Å². The average molecular weight is 356 g/mol. The Hall–Kier alpha value is -3.02. The molecule has 6 nitrogen and oxygen atoms in total. The van der Waals surface area contributed by atoms with Crippen LogP contribution in [0.5, 0.6) is 11.5 Å². The van der Waals surface area contributed by atoms with Crippen molar-refractivity contribution in [3.8, 4) is 11.5 Å². The monoisotopic (exact) mass is 356 g/mol. The molecular weight excluding hydrogens is 332 g/mol. The summed E-state index contributed by atoms with van der Waals surface area (Å²) in [5.74, 6) is 0.562. The number of para-hydroxylation sites is 2. The molecule has 2 N–H and O–H groups in total. The maximum Gasteiger partial charge on any atom is 0.262 e. The fraction of sp³-hybridized carbons (Fsp3) is 0.300. The van der Waals surface area contributed by atoms with Crippen molar-refractivity contribution in [3.63, 3.8) is 0 Å². The van der Waals surface area contributed by atoms with Gasteiger partial charge in [-0.25, -0.2) is 0 Å². The molecule has 26 heavy (non-hydrogen) atoms. The van der Waals surface area contributed by atoms with Gasteiger partial charge in [0.15, 0.2) is 18.1 Å². The van der Waals surface area contributed by atoms with Crippen LogP contribution in [0.1, 0.15) is 30.6 Å². The van der Waals surface area contributed by atoms with Crippen molar-refractivity contribution in [2.75, 3.05) is 19.0 Å². The quantitative estimate of drug-likeness (QED) is 0.761. The van der Waals surface area contributed by atoms with Crippen LogP contribution in [-0.4, -0.2) is 31.6 Å². The zero-order chi connectivity index (χ0) is 18.9. The van der Waals surface area contributed by atoms with Crippen LogP contribution in [0.15, 0.2) is 48.5 Å². The molecule has 138 valence electrons. The Kier molecular flexibility index (Phi) is 7.02. The van der Waals surface area contributed by atoms with E-state index in [0.717, 1.165) is 6.42 Å². The number of hydrogen-bond acceptors (Lipinski definition) is 4. The van der Waals surface area contributed by atoms with Crippen molar-refractivity contribution in [3.05, 3.63) is 54.1 Å². The van der Waals surface area contributed by atoms with E-state index in [-0.39, 0.29) is 24.5 Å². The highest BCUT2D eigenvalue weighted by Gasteiger charge is 2.11. The molecule has 2 amide bonds. The summed E-state index contributed by atoms with van der Waals surface area (Å²) in [6.45, 7) is 3.78. The smallest absolute Gasteiger partial charge is 0.262 e. The Morgan fingerprint density at radius 3 is 2.50 bits per heavy atom. The molecule has 2 aromatic carbocycles. The lowest BCUT2D eigenvalue weighted by molar-refractivity contribution is -0.118. The lowest BCUT2D eigenvalue weighted by atomic mass is 10.1. The van der Waals surface area contributed by atoms with Crippen LogP contribution in [0.25, 0.3) is 0 Å². The van der Waals surface area contributed by atoms with E-state index in [2.05, 4.69) is 10.6 Å². The van der Waals surface area contributed by atoms with Gasteiger partial charge in [0.2, 0.25) is 0 Å². The van der Waals surface area contributed by atoms with Crippen LogP contribution in [-0.2, 0) is 4.79 Å². The summed E-state index contributed by atoms with van der Waals surface area (Å²) in [6, 6.07) is 14.0. The fourth-order valence-electron chi connectivity index (χ4n) is 2.23. The van der Waals surface area contributed by atoms with Crippen LogP contribution in [0.4, 0.5) is 5.69 Å². The van der Waals surface area contributed by atoms with Gasteiger partial charge in [-0.1, -0.05) is 25.1 Å². The van der Waals surface area contributed by atoms with E-state index in [1.807, 2.05) is 19.9 Å². The Bertz CT molecular complexity index is 761. The zero-order valence-electron chi connectivity index (χ0n) is 15.2. The largest absolute Gasteiger partial charge is 0.493 e. The number of ether oxygens (including phenoxy) is 2. The average Bonchev–Trinajstić information content (AvgIpc) is 2.66. The molecule has 0 saturated heterocycles. The summed E-state index contributed by atoms with van der Waals surface area (Å²) in [4.78, 5) is 24.3. The first-order chi connectivity index (χ1) is 12.5. The standard InChI is InChI=1S/C20H24N2O4/c1-4-14(2)21-20(24)15-8-7-9-16(12-15)22-19(23)13-26-18-11-6-5-10-17(18)25-3/h5-12,14H,4,13H2,1-3H3,(H,21,24)(H,22,23)/t14-/m1/s1. The number of anilines is 1. The van der Waals surface area contributed by atoms with Crippen LogP contribution in [0, 0.1) is 0 Å². The fourth-order valence-corrected chi connectivity index (χ4v) is 2.23. The summed E-state index contributed by atoms with van der Waals surface area (Å²) < 4.78 is 10.7. The minimum Gasteiger partial charge on any atom is -0.493 e. The molecule has 0 aliphatic carbocycles. The summed E-state index contributed by atoms with van der Waals surface area (Å²) in [5, 5.41) is 5.62. The predicted molar refractivity (Wildman–Crippen MR) is 101 cm³/mol. The SMILES string of the molecule is CC[C@@H](C)NC(=O)c1cccc(NC(=O)COc2ccccc2OC)c1. The van der Waals surface area contributed by atoms with Crippen LogP contribution in [0.2, 0.25) is 0 Å². The van der Waals surface area contributed by atoms with Crippen LogP contribution in [0.3, 0.4) is 0 Å². The van der Waals surface area contributed by atoms with Crippen LogP contribution >= 0.6 is 0 Å². The molecule has 0 aromatic heterocycles. The minimum absolute atomic E-state index is 0.0926. The molecule has 0 aliphatic heterocycles. The molecule has 6 heteroatoms. The lowest BCUT2D eigenvalue weighted by Crippen LogP contribution is -2.32. The number of methoxy groups -OCH3 is 1. The van der Waals surface area contributed by atoms with Gasteiger partial charge in [0.25, 0.3) is 11.8 Å². The van der Waals surface area contributed by atoms with Gasteiger partial charge in [0.1, 0.15) is 0 Å². The van der Waals surface area contributed by atoms with E-state index in [1.165, 1.54) is 7.11 Å². The second kappa shape index (κ2) is 9.46. The molecule has 0 bridgehead atoms. The van der Waals surface area contributed by atoms with Crippen molar-refractivity contribution in [1.82, 2.24) is 5.32 Å². The van der Waals surface area contributed by atoms with Crippen molar-refractivity contribution in [2.45, 2.75) is 26.3 Å². The number of rotatable bonds is 8. The van der Waals surface area contributed by atoms with Crippen molar-refractivity contribution in [2.24, 2.45) is 0 Å². The third kappa shape index (κ3) is 5.51. The van der Waals surface area contributed by atoms with E-state index < -0.39 is 0 Å². The van der Waals surface area contributed by atoms with E-state index in [1.54, 1.807) is 42.5 Å². The lowest BCUT2D eigenvalue weighted by Gasteiger charge is -2.13. The number of amides is 2. The Balaban J connectivity index is 1.94. The third-order valence-electron chi connectivity index (χ3n) is 3.83.